The summed E-state index contributed by atoms with van der Waals surface area (Å²) in [6.07, 6.45) is -3.71. The Morgan fingerprint density at radius 1 is 1.20 bits per heavy atom. The summed E-state index contributed by atoms with van der Waals surface area (Å²) in [5.41, 5.74) is 5.12. The summed E-state index contributed by atoms with van der Waals surface area (Å²) in [4.78, 5) is 11.6. The van der Waals surface area contributed by atoms with Crippen LogP contribution in [-0.2, 0) is 12.7 Å². The average molecular weight is 303 g/mol. The van der Waals surface area contributed by atoms with E-state index >= 15 is 0 Å². The predicted molar refractivity (Wildman–Crippen MR) is 70.7 cm³/mol. The molecule has 2 N–H and O–H groups in total. The molecule has 0 aliphatic heterocycles. The number of aromatic nitrogens is 1. The molecule has 0 radical (unpaired) electrons. The van der Waals surface area contributed by atoms with Crippen molar-refractivity contribution in [2.75, 3.05) is 5.73 Å². The van der Waals surface area contributed by atoms with Gasteiger partial charge in [-0.3, -0.25) is 4.79 Å². The lowest BCUT2D eigenvalue weighted by Crippen LogP contribution is -2.21. The largest absolute Gasteiger partial charge is 0.417 e. The van der Waals surface area contributed by atoms with E-state index in [2.05, 4.69) is 0 Å². The van der Waals surface area contributed by atoms with Gasteiger partial charge in [0.25, 0.3) is 5.56 Å². The number of rotatable bonds is 2. The maximum Gasteiger partial charge on any atom is 0.417 e. The lowest BCUT2D eigenvalue weighted by Gasteiger charge is -2.11. The van der Waals surface area contributed by atoms with Crippen LogP contribution in [0.5, 0.6) is 0 Å². The van der Waals surface area contributed by atoms with Crippen LogP contribution >= 0.6 is 11.6 Å². The summed E-state index contributed by atoms with van der Waals surface area (Å²) in [7, 11) is 0. The Kier molecular flexibility index (Phi) is 3.76. The van der Waals surface area contributed by atoms with Crippen LogP contribution in [0.3, 0.4) is 0 Å². The van der Waals surface area contributed by atoms with E-state index in [4.69, 9.17) is 17.3 Å². The molecule has 0 unspecified atom stereocenters. The maximum atomic E-state index is 12.6. The van der Waals surface area contributed by atoms with Gasteiger partial charge in [-0.2, -0.15) is 13.2 Å². The van der Waals surface area contributed by atoms with Crippen LogP contribution < -0.4 is 11.3 Å². The molecule has 2 aromatic rings. The molecule has 0 bridgehead atoms. The first-order chi connectivity index (χ1) is 9.27. The van der Waals surface area contributed by atoms with Crippen molar-refractivity contribution in [1.82, 2.24) is 4.57 Å². The van der Waals surface area contributed by atoms with Gasteiger partial charge in [0.05, 0.1) is 22.8 Å². The van der Waals surface area contributed by atoms with Gasteiger partial charge in [0, 0.05) is 12.3 Å². The number of pyridine rings is 1. The molecule has 0 aliphatic carbocycles. The molecular weight excluding hydrogens is 293 g/mol. The minimum atomic E-state index is -4.49. The Balaban J connectivity index is 2.38. The van der Waals surface area contributed by atoms with Crippen molar-refractivity contribution >= 4 is 17.3 Å². The molecule has 0 saturated heterocycles. The van der Waals surface area contributed by atoms with Crippen LogP contribution in [0.15, 0.2) is 41.3 Å². The third-order valence-electron chi connectivity index (χ3n) is 2.72. The Labute approximate surface area is 117 Å². The number of hydrogen-bond acceptors (Lipinski definition) is 2. The van der Waals surface area contributed by atoms with Crippen LogP contribution in [0.1, 0.15) is 11.1 Å². The third-order valence-corrected chi connectivity index (χ3v) is 3.07. The van der Waals surface area contributed by atoms with E-state index in [-0.39, 0.29) is 6.54 Å². The second kappa shape index (κ2) is 5.20. The predicted octanol–water partition coefficient (Wildman–Crippen LogP) is 3.15. The molecule has 1 aromatic heterocycles. The molecule has 7 heteroatoms. The average Bonchev–Trinajstić information content (AvgIpc) is 2.35. The van der Waals surface area contributed by atoms with Crippen LogP contribution in [0, 0.1) is 0 Å². The summed E-state index contributed by atoms with van der Waals surface area (Å²) < 4.78 is 38.8. The fourth-order valence-corrected chi connectivity index (χ4v) is 1.83. The van der Waals surface area contributed by atoms with Crippen molar-refractivity contribution in [3.05, 3.63) is 63.0 Å². The highest BCUT2D eigenvalue weighted by Crippen LogP contribution is 2.28. The quantitative estimate of drug-likeness (QED) is 0.866. The number of anilines is 1. The third kappa shape index (κ3) is 3.14. The monoisotopic (exact) mass is 302 g/mol. The minimum absolute atomic E-state index is 0.00980. The molecule has 0 fully saturated rings. The summed E-state index contributed by atoms with van der Waals surface area (Å²) in [5.74, 6) is 0. The van der Waals surface area contributed by atoms with Crippen LogP contribution in [-0.4, -0.2) is 4.57 Å². The number of halogens is 4. The Morgan fingerprint density at radius 2 is 1.90 bits per heavy atom. The molecule has 0 aliphatic rings. The van der Waals surface area contributed by atoms with E-state index in [1.807, 2.05) is 0 Å². The standard InChI is InChI=1S/C13H10ClF3N2O/c14-10-3-1-8(5-11(10)18)6-19-7-9(13(15,16)17)2-4-12(19)20/h1-5,7H,6,18H2. The smallest absolute Gasteiger partial charge is 0.398 e. The molecule has 0 atom stereocenters. The van der Waals surface area contributed by atoms with Crippen LogP contribution in [0.2, 0.25) is 5.02 Å². The first-order valence-electron chi connectivity index (χ1n) is 5.59. The molecule has 3 nitrogen and oxygen atoms in total. The number of hydrogen-bond donors (Lipinski definition) is 1. The van der Waals surface area contributed by atoms with Gasteiger partial charge >= 0.3 is 6.18 Å². The lowest BCUT2D eigenvalue weighted by molar-refractivity contribution is -0.138. The van der Waals surface area contributed by atoms with E-state index in [0.29, 0.717) is 16.3 Å². The number of nitrogens with two attached hydrogens (primary N) is 1. The second-order valence-corrected chi connectivity index (χ2v) is 4.64. The fraction of sp³-hybridized carbons (Fsp3) is 0.154. The maximum absolute atomic E-state index is 12.6. The van der Waals surface area contributed by atoms with Gasteiger partial charge in [-0.05, 0) is 23.8 Å². The minimum Gasteiger partial charge on any atom is -0.398 e. The van der Waals surface area contributed by atoms with Crippen LogP contribution in [0.4, 0.5) is 18.9 Å². The molecule has 0 spiro atoms. The molecule has 2 rings (SSSR count). The fourth-order valence-electron chi connectivity index (χ4n) is 1.71. The molecular formula is C13H10ClF3N2O. The van der Waals surface area contributed by atoms with E-state index in [0.717, 1.165) is 22.9 Å². The highest BCUT2D eigenvalue weighted by molar-refractivity contribution is 6.33. The number of nitrogen functional groups attached to an aromatic ring is 1. The number of benzene rings is 1. The number of alkyl halides is 3. The highest BCUT2D eigenvalue weighted by atomic mass is 35.5. The highest BCUT2D eigenvalue weighted by Gasteiger charge is 2.31. The first-order valence-corrected chi connectivity index (χ1v) is 5.97. The summed E-state index contributed by atoms with van der Waals surface area (Å²) in [6, 6.07) is 6.31. The Morgan fingerprint density at radius 3 is 2.50 bits per heavy atom. The van der Waals surface area contributed by atoms with Crippen molar-refractivity contribution in [2.24, 2.45) is 0 Å². The molecule has 0 amide bonds. The van der Waals surface area contributed by atoms with Gasteiger partial charge in [-0.1, -0.05) is 17.7 Å². The van der Waals surface area contributed by atoms with Gasteiger partial charge in [0.1, 0.15) is 0 Å². The zero-order chi connectivity index (χ0) is 14.9. The van der Waals surface area contributed by atoms with E-state index in [1.165, 1.54) is 12.1 Å². The van der Waals surface area contributed by atoms with E-state index in [1.54, 1.807) is 6.07 Å². The zero-order valence-corrected chi connectivity index (χ0v) is 10.9. The van der Waals surface area contributed by atoms with Crippen molar-refractivity contribution < 1.29 is 13.2 Å². The van der Waals surface area contributed by atoms with Gasteiger partial charge < -0.3 is 10.3 Å². The van der Waals surface area contributed by atoms with Crippen molar-refractivity contribution in [1.29, 1.82) is 0 Å². The first kappa shape index (κ1) is 14.5. The summed E-state index contributed by atoms with van der Waals surface area (Å²) in [5, 5.41) is 0.352. The molecule has 1 heterocycles. The Bertz CT molecular complexity index is 695. The number of nitrogens with zero attached hydrogens (tertiary/aromatic N) is 1. The molecule has 20 heavy (non-hydrogen) atoms. The topological polar surface area (TPSA) is 48.0 Å². The van der Waals surface area contributed by atoms with E-state index in [9.17, 15) is 18.0 Å². The molecule has 106 valence electrons. The SMILES string of the molecule is Nc1cc(Cn2cc(C(F)(F)F)ccc2=O)ccc1Cl. The molecule has 1 aromatic carbocycles. The summed E-state index contributed by atoms with van der Waals surface area (Å²) >= 11 is 5.76. The van der Waals surface area contributed by atoms with Gasteiger partial charge in [-0.15, -0.1) is 0 Å². The van der Waals surface area contributed by atoms with Crippen molar-refractivity contribution in [3.8, 4) is 0 Å². The lowest BCUT2D eigenvalue weighted by atomic mass is 10.2. The van der Waals surface area contributed by atoms with Crippen LogP contribution in [0.25, 0.3) is 0 Å². The van der Waals surface area contributed by atoms with Crippen molar-refractivity contribution in [2.45, 2.75) is 12.7 Å². The molecule has 0 saturated carbocycles. The van der Waals surface area contributed by atoms with Gasteiger partial charge in [0.2, 0.25) is 0 Å². The normalized spacial score (nSPS) is 11.6. The van der Waals surface area contributed by atoms with Crippen molar-refractivity contribution in [3.63, 3.8) is 0 Å². The van der Waals surface area contributed by atoms with Gasteiger partial charge in [-0.25, -0.2) is 0 Å². The Hall–Kier alpha value is -1.95. The zero-order valence-electron chi connectivity index (χ0n) is 10.1. The summed E-state index contributed by atoms with van der Waals surface area (Å²) in [6.45, 7) is -0.00980. The van der Waals surface area contributed by atoms with Gasteiger partial charge in [0.15, 0.2) is 0 Å². The second-order valence-electron chi connectivity index (χ2n) is 4.24. The van der Waals surface area contributed by atoms with E-state index < -0.39 is 17.3 Å².